The summed E-state index contributed by atoms with van der Waals surface area (Å²) in [5, 5.41) is 3.34. The van der Waals surface area contributed by atoms with Crippen LogP contribution < -0.4 is 5.32 Å². The molecule has 0 fully saturated rings. The molecule has 0 bridgehead atoms. The van der Waals surface area contributed by atoms with Gasteiger partial charge in [-0.15, -0.1) is 6.58 Å². The zero-order chi connectivity index (χ0) is 9.56. The smallest absolute Gasteiger partial charge is 0.0139 e. The zero-order valence-electron chi connectivity index (χ0n) is 8.72. The second kappa shape index (κ2) is 6.01. The van der Waals surface area contributed by atoms with E-state index in [9.17, 15) is 0 Å². The fraction of sp³-hybridized carbons (Fsp3) is 0.636. The lowest BCUT2D eigenvalue weighted by molar-refractivity contribution is 0.629. The topological polar surface area (TPSA) is 12.0 Å². The van der Waals surface area contributed by atoms with E-state index in [1.807, 2.05) is 6.08 Å². The number of allylic oxidation sites excluding steroid dienone is 2. The van der Waals surface area contributed by atoms with Crippen LogP contribution in [0.3, 0.4) is 0 Å². The Morgan fingerprint density at radius 2 is 2.00 bits per heavy atom. The van der Waals surface area contributed by atoms with Crippen molar-refractivity contribution in [1.29, 1.82) is 0 Å². The molecule has 12 heavy (non-hydrogen) atoms. The predicted molar refractivity (Wildman–Crippen MR) is 56.3 cm³/mol. The Balaban J connectivity index is 3.76. The van der Waals surface area contributed by atoms with Gasteiger partial charge in [-0.25, -0.2) is 0 Å². The van der Waals surface area contributed by atoms with E-state index in [4.69, 9.17) is 0 Å². The van der Waals surface area contributed by atoms with E-state index in [-0.39, 0.29) is 0 Å². The molecule has 1 nitrogen and oxygen atoms in total. The number of hydrogen-bond acceptors (Lipinski definition) is 1. The van der Waals surface area contributed by atoms with Crippen LogP contribution in [0.1, 0.15) is 27.7 Å². The van der Waals surface area contributed by atoms with Gasteiger partial charge in [-0.3, -0.25) is 0 Å². The molecule has 0 aromatic carbocycles. The molecule has 0 amide bonds. The summed E-state index contributed by atoms with van der Waals surface area (Å²) in [7, 11) is 0. The Bertz CT molecular complexity index is 156. The average Bonchev–Trinajstić information content (AvgIpc) is 2.02. The Hall–Kier alpha value is -0.560. The van der Waals surface area contributed by atoms with Gasteiger partial charge in [-0.05, 0) is 12.8 Å². The van der Waals surface area contributed by atoms with Crippen molar-refractivity contribution in [2.24, 2.45) is 5.92 Å². The van der Waals surface area contributed by atoms with E-state index >= 15 is 0 Å². The Labute approximate surface area is 76.6 Å². The third kappa shape index (κ3) is 5.14. The van der Waals surface area contributed by atoms with Crippen molar-refractivity contribution < 1.29 is 0 Å². The molecule has 70 valence electrons. The molecule has 0 aliphatic carbocycles. The molecule has 0 aromatic heterocycles. The van der Waals surface area contributed by atoms with Crippen LogP contribution in [0.15, 0.2) is 24.3 Å². The standard InChI is InChI=1S/C11H21N/c1-6-10(4)11(5)7-8-12-9(2)3/h6-7,9-10,12H,1,8H2,2-5H3/b11-7+. The van der Waals surface area contributed by atoms with Crippen LogP contribution in [0.2, 0.25) is 0 Å². The molecule has 0 rings (SSSR count). The van der Waals surface area contributed by atoms with Crippen LogP contribution in [0, 0.1) is 5.92 Å². The molecule has 1 N–H and O–H groups in total. The van der Waals surface area contributed by atoms with Crippen LogP contribution in [0.25, 0.3) is 0 Å². The summed E-state index contributed by atoms with van der Waals surface area (Å²) in [6.07, 6.45) is 4.20. The lowest BCUT2D eigenvalue weighted by Crippen LogP contribution is -2.22. The minimum Gasteiger partial charge on any atom is -0.311 e. The maximum absolute atomic E-state index is 3.76. The molecular formula is C11H21N. The second-order valence-electron chi connectivity index (χ2n) is 3.54. The molecule has 0 spiro atoms. The van der Waals surface area contributed by atoms with E-state index < -0.39 is 0 Å². The highest BCUT2D eigenvalue weighted by molar-refractivity contribution is 5.08. The van der Waals surface area contributed by atoms with E-state index in [0.29, 0.717) is 12.0 Å². The van der Waals surface area contributed by atoms with E-state index in [0.717, 1.165) is 6.54 Å². The van der Waals surface area contributed by atoms with Gasteiger partial charge in [0.15, 0.2) is 0 Å². The van der Waals surface area contributed by atoms with Crippen molar-refractivity contribution in [2.45, 2.75) is 33.7 Å². The minimum atomic E-state index is 0.499. The fourth-order valence-corrected chi connectivity index (χ4v) is 0.827. The first-order chi connectivity index (χ1) is 5.57. The first-order valence-electron chi connectivity index (χ1n) is 4.60. The van der Waals surface area contributed by atoms with Crippen LogP contribution in [0.4, 0.5) is 0 Å². The van der Waals surface area contributed by atoms with E-state index in [1.54, 1.807) is 0 Å². The molecule has 1 unspecified atom stereocenters. The van der Waals surface area contributed by atoms with Crippen molar-refractivity contribution in [1.82, 2.24) is 5.32 Å². The van der Waals surface area contributed by atoms with Gasteiger partial charge in [0.05, 0.1) is 0 Å². The second-order valence-corrected chi connectivity index (χ2v) is 3.54. The van der Waals surface area contributed by atoms with Crippen LogP contribution in [-0.4, -0.2) is 12.6 Å². The highest BCUT2D eigenvalue weighted by atomic mass is 14.9. The van der Waals surface area contributed by atoms with Gasteiger partial charge in [0.1, 0.15) is 0 Å². The molecule has 1 heteroatoms. The zero-order valence-corrected chi connectivity index (χ0v) is 8.72. The maximum Gasteiger partial charge on any atom is 0.0139 e. The number of rotatable bonds is 5. The minimum absolute atomic E-state index is 0.499. The quantitative estimate of drug-likeness (QED) is 0.621. The first-order valence-corrected chi connectivity index (χ1v) is 4.60. The van der Waals surface area contributed by atoms with Crippen molar-refractivity contribution in [3.05, 3.63) is 24.3 Å². The molecule has 0 heterocycles. The van der Waals surface area contributed by atoms with Crippen molar-refractivity contribution >= 4 is 0 Å². The summed E-state index contributed by atoms with van der Waals surface area (Å²) in [6, 6.07) is 0.563. The van der Waals surface area contributed by atoms with Crippen LogP contribution in [-0.2, 0) is 0 Å². The third-order valence-corrected chi connectivity index (χ3v) is 2.02. The summed E-state index contributed by atoms with van der Waals surface area (Å²) in [6.45, 7) is 13.3. The normalized spacial score (nSPS) is 14.9. The lowest BCUT2D eigenvalue weighted by Gasteiger charge is -2.08. The van der Waals surface area contributed by atoms with Gasteiger partial charge in [-0.2, -0.15) is 0 Å². The molecule has 1 atom stereocenters. The third-order valence-electron chi connectivity index (χ3n) is 2.02. The SMILES string of the molecule is C=CC(C)/C(C)=C/CNC(C)C. The summed E-state index contributed by atoms with van der Waals surface area (Å²) in [5.41, 5.74) is 1.39. The predicted octanol–water partition coefficient (Wildman–Crippen LogP) is 2.75. The summed E-state index contributed by atoms with van der Waals surface area (Å²) >= 11 is 0. The average molecular weight is 167 g/mol. The van der Waals surface area contributed by atoms with Gasteiger partial charge >= 0.3 is 0 Å². The largest absolute Gasteiger partial charge is 0.311 e. The van der Waals surface area contributed by atoms with Crippen LogP contribution in [0.5, 0.6) is 0 Å². The van der Waals surface area contributed by atoms with Gasteiger partial charge < -0.3 is 5.32 Å². The van der Waals surface area contributed by atoms with Crippen molar-refractivity contribution in [3.63, 3.8) is 0 Å². The summed E-state index contributed by atoms with van der Waals surface area (Å²) in [4.78, 5) is 0. The maximum atomic E-state index is 3.76. The van der Waals surface area contributed by atoms with Gasteiger partial charge in [0.2, 0.25) is 0 Å². The van der Waals surface area contributed by atoms with Crippen molar-refractivity contribution in [2.75, 3.05) is 6.54 Å². The Kier molecular flexibility index (Phi) is 5.73. The molecule has 0 aliphatic heterocycles. The van der Waals surface area contributed by atoms with Gasteiger partial charge in [0.25, 0.3) is 0 Å². The van der Waals surface area contributed by atoms with Gasteiger partial charge in [0, 0.05) is 12.6 Å². The van der Waals surface area contributed by atoms with Crippen LogP contribution >= 0.6 is 0 Å². The highest BCUT2D eigenvalue weighted by Gasteiger charge is 1.97. The molecule has 0 aromatic rings. The van der Waals surface area contributed by atoms with E-state index in [1.165, 1.54) is 5.57 Å². The van der Waals surface area contributed by atoms with Gasteiger partial charge in [-0.1, -0.05) is 38.5 Å². The lowest BCUT2D eigenvalue weighted by atomic mass is 10.0. The fourth-order valence-electron chi connectivity index (χ4n) is 0.827. The van der Waals surface area contributed by atoms with E-state index in [2.05, 4.69) is 45.7 Å². The first kappa shape index (κ1) is 11.4. The molecule has 0 saturated heterocycles. The summed E-state index contributed by atoms with van der Waals surface area (Å²) in [5.74, 6) is 0.499. The molecule has 0 saturated carbocycles. The number of nitrogens with one attached hydrogen (secondary N) is 1. The molecule has 0 aliphatic rings. The Morgan fingerprint density at radius 3 is 2.42 bits per heavy atom. The number of hydrogen-bond donors (Lipinski definition) is 1. The molecule has 0 radical (unpaired) electrons. The monoisotopic (exact) mass is 167 g/mol. The Morgan fingerprint density at radius 1 is 1.42 bits per heavy atom. The van der Waals surface area contributed by atoms with Crippen molar-refractivity contribution in [3.8, 4) is 0 Å². The molecular weight excluding hydrogens is 146 g/mol. The summed E-state index contributed by atoms with van der Waals surface area (Å²) < 4.78 is 0. The highest BCUT2D eigenvalue weighted by Crippen LogP contribution is 2.08.